The molecule has 0 spiro atoms. The molecule has 0 atom stereocenters. The fraction of sp³-hybridized carbons (Fsp3) is 0.214. The van der Waals surface area contributed by atoms with Crippen molar-refractivity contribution in [1.82, 2.24) is 9.97 Å². The summed E-state index contributed by atoms with van der Waals surface area (Å²) in [6.45, 7) is 5.72. The molecule has 0 aliphatic rings. The number of nitrogens with zero attached hydrogens (tertiary/aromatic N) is 2. The molecule has 2 nitrogen and oxygen atoms in total. The van der Waals surface area contributed by atoms with E-state index >= 15 is 0 Å². The zero-order valence-corrected chi connectivity index (χ0v) is 12.5. The van der Waals surface area contributed by atoms with Crippen molar-refractivity contribution in [3.63, 3.8) is 0 Å². The molecule has 0 aliphatic heterocycles. The van der Waals surface area contributed by atoms with E-state index in [0.29, 0.717) is 0 Å². The van der Waals surface area contributed by atoms with Crippen LogP contribution in [0.4, 0.5) is 0 Å². The summed E-state index contributed by atoms with van der Waals surface area (Å²) in [5, 5.41) is 0. The summed E-state index contributed by atoms with van der Waals surface area (Å²) >= 11 is 3.38. The number of benzene rings is 1. The Bertz CT molecular complexity index is 416. The fourth-order valence-electron chi connectivity index (χ4n) is 1.07. The Morgan fingerprint density at radius 1 is 1.17 bits per heavy atom. The minimum absolute atomic E-state index is 0. The van der Waals surface area contributed by atoms with Gasteiger partial charge in [0.05, 0.1) is 11.9 Å². The Balaban J connectivity index is 0.000000512. The number of rotatable bonds is 2. The summed E-state index contributed by atoms with van der Waals surface area (Å²) < 4.78 is 1.07. The molecule has 4 heteroatoms. The Hall–Kier alpha value is -0.623. The van der Waals surface area contributed by atoms with Crippen molar-refractivity contribution in [3.05, 3.63) is 54.3 Å². The molecule has 0 bridgehead atoms. The first-order valence-electron chi connectivity index (χ1n) is 5.59. The summed E-state index contributed by atoms with van der Waals surface area (Å²) in [5.41, 5.74) is 1.98. The first-order valence-corrected chi connectivity index (χ1v) is 6.38. The molecule has 90 valence electrons. The van der Waals surface area contributed by atoms with Crippen LogP contribution in [0.25, 0.3) is 11.3 Å². The largest absolute Gasteiger partial charge is 1.00 e. The van der Waals surface area contributed by atoms with Crippen LogP contribution in [-0.4, -0.2) is 9.97 Å². The molecular weight excluding hydrogens is 283 g/mol. The predicted molar refractivity (Wildman–Crippen MR) is 75.4 cm³/mol. The van der Waals surface area contributed by atoms with Crippen molar-refractivity contribution in [2.75, 3.05) is 0 Å². The van der Waals surface area contributed by atoms with E-state index in [2.05, 4.69) is 39.7 Å². The van der Waals surface area contributed by atoms with Crippen molar-refractivity contribution >= 4 is 15.9 Å². The van der Waals surface area contributed by atoms with E-state index in [0.717, 1.165) is 22.2 Å². The van der Waals surface area contributed by atoms with Crippen LogP contribution >= 0.6 is 15.9 Å². The van der Waals surface area contributed by atoms with Gasteiger partial charge in [0, 0.05) is 22.4 Å². The topological polar surface area (TPSA) is 25.8 Å². The van der Waals surface area contributed by atoms with Gasteiger partial charge in [0.15, 0.2) is 0 Å². The van der Waals surface area contributed by atoms with Crippen LogP contribution in [0.5, 0.6) is 0 Å². The number of halogens is 1. The molecule has 0 unspecified atom stereocenters. The van der Waals surface area contributed by atoms with Gasteiger partial charge in [0.2, 0.25) is 0 Å². The molecule has 1 aromatic heterocycles. The number of unbranched alkanes of at least 4 members (excludes halogenated alkanes) is 1. The summed E-state index contributed by atoms with van der Waals surface area (Å²) in [4.78, 5) is 8.21. The van der Waals surface area contributed by atoms with E-state index in [1.165, 1.54) is 6.42 Å². The second kappa shape index (κ2) is 10.3. The molecular formula is C14H16BrLiN2. The standard InChI is InChI=1S/C10H7BrN2.C4H9.Li/c11-9-3-1-8(2-4-9)10-7-12-5-6-13-10;1-3-4-2;/h1-7H;1,3-4H2,2H3;/q;-1;+1. The predicted octanol–water partition coefficient (Wildman–Crippen LogP) is 1.53. The summed E-state index contributed by atoms with van der Waals surface area (Å²) in [6.07, 6.45) is 7.39. The van der Waals surface area contributed by atoms with Gasteiger partial charge in [-0.25, -0.2) is 0 Å². The first kappa shape index (κ1) is 17.4. The minimum atomic E-state index is 0. The molecule has 2 rings (SSSR count). The molecule has 0 amide bonds. The quantitative estimate of drug-likeness (QED) is 0.621. The van der Waals surface area contributed by atoms with Gasteiger partial charge in [-0.2, -0.15) is 6.42 Å². The Labute approximate surface area is 130 Å². The van der Waals surface area contributed by atoms with Crippen LogP contribution in [0.2, 0.25) is 0 Å². The number of hydrogen-bond acceptors (Lipinski definition) is 2. The minimum Gasteiger partial charge on any atom is -0.343 e. The molecule has 1 aromatic carbocycles. The van der Waals surface area contributed by atoms with E-state index in [1.54, 1.807) is 18.6 Å². The second-order valence-corrected chi connectivity index (χ2v) is 4.37. The molecule has 0 saturated heterocycles. The van der Waals surface area contributed by atoms with Crippen LogP contribution in [0.15, 0.2) is 47.3 Å². The summed E-state index contributed by atoms with van der Waals surface area (Å²) in [5.74, 6) is 0. The molecule has 0 radical (unpaired) electrons. The van der Waals surface area contributed by atoms with Gasteiger partial charge in [-0.3, -0.25) is 9.97 Å². The third kappa shape index (κ3) is 6.35. The van der Waals surface area contributed by atoms with Crippen LogP contribution in [0.1, 0.15) is 19.8 Å². The van der Waals surface area contributed by atoms with E-state index in [9.17, 15) is 0 Å². The van der Waals surface area contributed by atoms with E-state index in [4.69, 9.17) is 0 Å². The van der Waals surface area contributed by atoms with Crippen LogP contribution in [0.3, 0.4) is 0 Å². The number of hydrogen-bond donors (Lipinski definition) is 0. The monoisotopic (exact) mass is 298 g/mol. The molecule has 2 aromatic rings. The van der Waals surface area contributed by atoms with Gasteiger partial charge in [-0.05, 0) is 12.1 Å². The number of aromatic nitrogens is 2. The summed E-state index contributed by atoms with van der Waals surface area (Å²) in [6, 6.07) is 8.00. The molecule has 0 saturated carbocycles. The maximum atomic E-state index is 4.20. The van der Waals surface area contributed by atoms with Crippen LogP contribution < -0.4 is 18.9 Å². The normalized spacial score (nSPS) is 8.83. The Kier molecular flexibility index (Phi) is 9.96. The van der Waals surface area contributed by atoms with Crippen molar-refractivity contribution in [2.45, 2.75) is 19.8 Å². The van der Waals surface area contributed by atoms with E-state index < -0.39 is 0 Å². The molecule has 0 fully saturated rings. The fourth-order valence-corrected chi connectivity index (χ4v) is 1.33. The summed E-state index contributed by atoms with van der Waals surface area (Å²) in [7, 11) is 0. The van der Waals surface area contributed by atoms with Crippen LogP contribution in [-0.2, 0) is 0 Å². The van der Waals surface area contributed by atoms with Crippen molar-refractivity contribution < 1.29 is 18.9 Å². The average molecular weight is 299 g/mol. The SMILES string of the molecule is Brc1ccc(-c2cnccn2)cc1.[CH2-]CCC.[Li+]. The Morgan fingerprint density at radius 2 is 1.78 bits per heavy atom. The van der Waals surface area contributed by atoms with Gasteiger partial charge in [0.25, 0.3) is 0 Å². The van der Waals surface area contributed by atoms with Crippen LogP contribution in [0, 0.1) is 6.92 Å². The van der Waals surface area contributed by atoms with Crippen molar-refractivity contribution in [3.8, 4) is 11.3 Å². The van der Waals surface area contributed by atoms with Gasteiger partial charge >= 0.3 is 18.9 Å². The van der Waals surface area contributed by atoms with E-state index in [1.807, 2.05) is 24.3 Å². The first-order chi connectivity index (χ1) is 8.27. The third-order valence-corrected chi connectivity index (χ3v) is 2.59. The third-order valence-electron chi connectivity index (χ3n) is 2.06. The van der Waals surface area contributed by atoms with E-state index in [-0.39, 0.29) is 18.9 Å². The maximum Gasteiger partial charge on any atom is 1.00 e. The average Bonchev–Trinajstić information content (AvgIpc) is 2.41. The zero-order chi connectivity index (χ0) is 12.5. The van der Waals surface area contributed by atoms with Gasteiger partial charge in [-0.15, -0.1) is 0 Å². The molecule has 1 heterocycles. The Morgan fingerprint density at radius 3 is 2.22 bits per heavy atom. The van der Waals surface area contributed by atoms with Crippen molar-refractivity contribution in [2.24, 2.45) is 0 Å². The molecule has 0 N–H and O–H groups in total. The van der Waals surface area contributed by atoms with Gasteiger partial charge in [0.1, 0.15) is 0 Å². The van der Waals surface area contributed by atoms with Gasteiger partial charge in [-0.1, -0.05) is 41.4 Å². The smallest absolute Gasteiger partial charge is 0.343 e. The molecule has 18 heavy (non-hydrogen) atoms. The van der Waals surface area contributed by atoms with Gasteiger partial charge < -0.3 is 6.92 Å². The zero-order valence-electron chi connectivity index (χ0n) is 10.9. The second-order valence-electron chi connectivity index (χ2n) is 3.45. The van der Waals surface area contributed by atoms with Crippen molar-refractivity contribution in [1.29, 1.82) is 0 Å². The molecule has 0 aliphatic carbocycles. The maximum absolute atomic E-state index is 4.20.